The van der Waals surface area contributed by atoms with Gasteiger partial charge in [-0.05, 0) is 42.5 Å². The number of carbonyl (C=O) groups excluding carboxylic acids is 2. The van der Waals surface area contributed by atoms with Gasteiger partial charge in [0.05, 0.1) is 6.61 Å². The highest BCUT2D eigenvalue weighted by Crippen LogP contribution is 2.26. The van der Waals surface area contributed by atoms with E-state index in [4.69, 9.17) is 4.74 Å². The normalized spacial score (nSPS) is 19.2. The van der Waals surface area contributed by atoms with Gasteiger partial charge in [0.25, 0.3) is 0 Å². The molecular formula is C25H28N2O3. The lowest BCUT2D eigenvalue weighted by Crippen LogP contribution is -2.44. The van der Waals surface area contributed by atoms with Crippen molar-refractivity contribution in [1.82, 2.24) is 10.2 Å². The number of hydrogen-bond acceptors (Lipinski definition) is 3. The van der Waals surface area contributed by atoms with E-state index in [1.54, 1.807) is 6.08 Å². The Morgan fingerprint density at radius 2 is 1.77 bits per heavy atom. The van der Waals surface area contributed by atoms with Crippen LogP contribution in [-0.2, 0) is 16.0 Å². The summed E-state index contributed by atoms with van der Waals surface area (Å²) in [6.07, 6.45) is 5.81. The Kier molecular flexibility index (Phi) is 6.47. The molecule has 5 heteroatoms. The lowest BCUT2D eigenvalue weighted by atomic mass is 9.94. The number of rotatable bonds is 5. The zero-order valence-electron chi connectivity index (χ0n) is 17.1. The summed E-state index contributed by atoms with van der Waals surface area (Å²) in [5.41, 5.74) is 2.22. The second kappa shape index (κ2) is 9.61. The van der Waals surface area contributed by atoms with E-state index in [9.17, 15) is 9.59 Å². The van der Waals surface area contributed by atoms with Gasteiger partial charge in [0.15, 0.2) is 0 Å². The maximum atomic E-state index is 12.6. The molecule has 0 aromatic heterocycles. The fourth-order valence-electron chi connectivity index (χ4n) is 4.11. The Balaban J connectivity index is 1.20. The predicted molar refractivity (Wildman–Crippen MR) is 117 cm³/mol. The molecule has 1 unspecified atom stereocenters. The van der Waals surface area contributed by atoms with Crippen molar-refractivity contribution < 1.29 is 14.3 Å². The molecule has 2 aromatic rings. The molecule has 0 saturated carbocycles. The van der Waals surface area contributed by atoms with Crippen molar-refractivity contribution in [2.24, 2.45) is 11.8 Å². The van der Waals surface area contributed by atoms with Crippen molar-refractivity contribution in [3.8, 4) is 5.75 Å². The van der Waals surface area contributed by atoms with Crippen molar-refractivity contribution in [3.05, 3.63) is 71.8 Å². The third-order valence-electron chi connectivity index (χ3n) is 5.92. The van der Waals surface area contributed by atoms with Gasteiger partial charge in [0.1, 0.15) is 5.75 Å². The molecule has 1 N–H and O–H groups in total. The van der Waals surface area contributed by atoms with Crippen LogP contribution in [0.3, 0.4) is 0 Å². The summed E-state index contributed by atoms with van der Waals surface area (Å²) >= 11 is 0. The number of para-hydroxylation sites is 1. The molecule has 0 aliphatic carbocycles. The minimum atomic E-state index is -0.0241. The van der Waals surface area contributed by atoms with Crippen LogP contribution in [0, 0.1) is 11.8 Å². The summed E-state index contributed by atoms with van der Waals surface area (Å²) in [7, 11) is 0. The molecular weight excluding hydrogens is 376 g/mol. The number of amides is 2. The zero-order valence-corrected chi connectivity index (χ0v) is 17.1. The summed E-state index contributed by atoms with van der Waals surface area (Å²) in [4.78, 5) is 26.8. The summed E-state index contributed by atoms with van der Waals surface area (Å²) < 4.78 is 5.81. The molecule has 2 aliphatic rings. The largest absolute Gasteiger partial charge is 0.493 e. The smallest absolute Gasteiger partial charge is 0.246 e. The third-order valence-corrected chi connectivity index (χ3v) is 5.92. The van der Waals surface area contributed by atoms with Crippen LogP contribution in [0.15, 0.2) is 60.7 Å². The van der Waals surface area contributed by atoms with Gasteiger partial charge in [-0.1, -0.05) is 48.5 Å². The number of nitrogens with one attached hydrogen (secondary N) is 1. The van der Waals surface area contributed by atoms with Gasteiger partial charge in [-0.25, -0.2) is 0 Å². The van der Waals surface area contributed by atoms with Gasteiger partial charge >= 0.3 is 0 Å². The molecule has 2 heterocycles. The van der Waals surface area contributed by atoms with Crippen LogP contribution in [0.4, 0.5) is 0 Å². The van der Waals surface area contributed by atoms with Crippen molar-refractivity contribution >= 4 is 17.9 Å². The Morgan fingerprint density at radius 1 is 1.03 bits per heavy atom. The Labute approximate surface area is 177 Å². The number of ether oxygens (including phenoxy) is 1. The van der Waals surface area contributed by atoms with Gasteiger partial charge in [-0.15, -0.1) is 0 Å². The maximum absolute atomic E-state index is 12.6. The summed E-state index contributed by atoms with van der Waals surface area (Å²) in [6.45, 7) is 2.51. The number of benzene rings is 2. The molecule has 0 bridgehead atoms. The second-order valence-corrected chi connectivity index (χ2v) is 8.08. The molecule has 1 saturated heterocycles. The van der Waals surface area contributed by atoms with E-state index < -0.39 is 0 Å². The minimum Gasteiger partial charge on any atom is -0.493 e. The third kappa shape index (κ3) is 5.09. The van der Waals surface area contributed by atoms with Gasteiger partial charge < -0.3 is 15.0 Å². The first kappa shape index (κ1) is 20.2. The first-order valence-corrected chi connectivity index (χ1v) is 10.7. The number of likely N-dealkylation sites (tertiary alicyclic amines) is 1. The van der Waals surface area contributed by atoms with E-state index in [0.29, 0.717) is 45.0 Å². The monoisotopic (exact) mass is 404 g/mol. The lowest BCUT2D eigenvalue weighted by Gasteiger charge is -2.31. The lowest BCUT2D eigenvalue weighted by molar-refractivity contribution is -0.132. The number of nitrogens with zero attached hydrogens (tertiary/aromatic N) is 1. The van der Waals surface area contributed by atoms with E-state index in [-0.39, 0.29) is 17.7 Å². The molecule has 2 amide bonds. The fourth-order valence-corrected chi connectivity index (χ4v) is 4.11. The first-order chi connectivity index (χ1) is 14.7. The molecule has 4 rings (SSSR count). The number of fused-ring (bicyclic) bond motifs is 1. The highest BCUT2D eigenvalue weighted by atomic mass is 16.5. The van der Waals surface area contributed by atoms with E-state index in [1.165, 1.54) is 5.56 Å². The van der Waals surface area contributed by atoms with Gasteiger partial charge in [-0.2, -0.15) is 0 Å². The average Bonchev–Trinajstić information content (AvgIpc) is 2.81. The quantitative estimate of drug-likeness (QED) is 0.778. The highest BCUT2D eigenvalue weighted by molar-refractivity contribution is 5.92. The summed E-state index contributed by atoms with van der Waals surface area (Å²) in [5, 5.41) is 3.11. The standard InChI is InChI=1S/C25H28N2O3/c28-24(11-10-19-6-2-1-3-7-19)27-14-12-21(13-15-27)25(29)26-17-20-16-22-8-4-5-9-23(22)30-18-20/h1-11,20-21H,12-18H2,(H,26,29)/b11-10+. The molecule has 1 fully saturated rings. The minimum absolute atomic E-state index is 0.00994. The average molecular weight is 405 g/mol. The number of hydrogen-bond donors (Lipinski definition) is 1. The van der Waals surface area contributed by atoms with Gasteiger partial charge in [0.2, 0.25) is 11.8 Å². The highest BCUT2D eigenvalue weighted by Gasteiger charge is 2.27. The van der Waals surface area contributed by atoms with Crippen molar-refractivity contribution in [1.29, 1.82) is 0 Å². The molecule has 5 nitrogen and oxygen atoms in total. The zero-order chi connectivity index (χ0) is 20.8. The summed E-state index contributed by atoms with van der Waals surface area (Å²) in [6, 6.07) is 17.9. The number of carbonyl (C=O) groups is 2. The van der Waals surface area contributed by atoms with Crippen LogP contribution in [-0.4, -0.2) is 43.0 Å². The Morgan fingerprint density at radius 3 is 2.57 bits per heavy atom. The molecule has 1 atom stereocenters. The predicted octanol–water partition coefficient (Wildman–Crippen LogP) is 3.31. The molecule has 0 spiro atoms. The Hall–Kier alpha value is -3.08. The Bertz CT molecular complexity index is 902. The SMILES string of the molecule is O=C(NCC1COc2ccccc2C1)C1CCN(C(=O)/C=C/c2ccccc2)CC1. The molecule has 30 heavy (non-hydrogen) atoms. The van der Waals surface area contributed by atoms with E-state index in [0.717, 1.165) is 17.7 Å². The molecule has 156 valence electrons. The van der Waals surface area contributed by atoms with Crippen LogP contribution in [0.1, 0.15) is 24.0 Å². The maximum Gasteiger partial charge on any atom is 0.246 e. The van der Waals surface area contributed by atoms with Crippen LogP contribution < -0.4 is 10.1 Å². The topological polar surface area (TPSA) is 58.6 Å². The molecule has 2 aliphatic heterocycles. The van der Waals surface area contributed by atoms with Crippen LogP contribution in [0.25, 0.3) is 6.08 Å². The van der Waals surface area contributed by atoms with E-state index >= 15 is 0 Å². The van der Waals surface area contributed by atoms with Crippen LogP contribution in [0.2, 0.25) is 0 Å². The second-order valence-electron chi connectivity index (χ2n) is 8.08. The van der Waals surface area contributed by atoms with E-state index in [2.05, 4.69) is 11.4 Å². The van der Waals surface area contributed by atoms with Crippen LogP contribution >= 0.6 is 0 Å². The molecule has 0 radical (unpaired) electrons. The molecule has 2 aromatic carbocycles. The first-order valence-electron chi connectivity index (χ1n) is 10.7. The van der Waals surface area contributed by atoms with Crippen LogP contribution in [0.5, 0.6) is 5.75 Å². The number of piperidine rings is 1. The van der Waals surface area contributed by atoms with Crippen molar-refractivity contribution in [2.75, 3.05) is 26.2 Å². The summed E-state index contributed by atoms with van der Waals surface area (Å²) in [5.74, 6) is 1.34. The van der Waals surface area contributed by atoms with Crippen molar-refractivity contribution in [3.63, 3.8) is 0 Å². The van der Waals surface area contributed by atoms with E-state index in [1.807, 2.05) is 59.5 Å². The van der Waals surface area contributed by atoms with Gasteiger partial charge in [-0.3, -0.25) is 9.59 Å². The van der Waals surface area contributed by atoms with Crippen molar-refractivity contribution in [2.45, 2.75) is 19.3 Å². The fraction of sp³-hybridized carbons (Fsp3) is 0.360. The van der Waals surface area contributed by atoms with Gasteiger partial charge in [0, 0.05) is 37.5 Å².